The van der Waals surface area contributed by atoms with Gasteiger partial charge in [-0.25, -0.2) is 0 Å². The molecule has 1 heterocycles. The van der Waals surface area contributed by atoms with Crippen LogP contribution >= 0.6 is 0 Å². The molecule has 6 heteroatoms. The van der Waals surface area contributed by atoms with Gasteiger partial charge < -0.3 is 0 Å². The van der Waals surface area contributed by atoms with Crippen LogP contribution in [0.1, 0.15) is 44.9 Å². The van der Waals surface area contributed by atoms with Crippen molar-refractivity contribution in [3.8, 4) is 0 Å². The van der Waals surface area contributed by atoms with E-state index < -0.39 is 0 Å². The maximum atomic E-state index is 12.3. The third kappa shape index (κ3) is 2.36. The van der Waals surface area contributed by atoms with E-state index in [1.54, 1.807) is 0 Å². The average molecular weight is 287 g/mol. The van der Waals surface area contributed by atoms with Crippen molar-refractivity contribution in [3.05, 3.63) is 6.58 Å². The maximum absolute atomic E-state index is 12.3. The number of tetrazole rings is 1. The van der Waals surface area contributed by atoms with Crippen LogP contribution in [0.4, 0.5) is 5.95 Å². The summed E-state index contributed by atoms with van der Waals surface area (Å²) < 4.78 is 0. The number of amides is 1. The molecule has 6 nitrogen and oxygen atoms in total. The van der Waals surface area contributed by atoms with Crippen LogP contribution in [0, 0.1) is 23.2 Å². The number of hydrogen-bond acceptors (Lipinski definition) is 4. The Morgan fingerprint density at radius 1 is 1.29 bits per heavy atom. The standard InChI is InChI=1S/C15H21N5O/c1-2-20-18-14(17-19-20)16-13(21)9-15-6-10-3-11(7-15)5-12(4-10)8-15/h2,10-12H,1,3-9H2,(H,16,18,21). The third-order valence-corrected chi connectivity index (χ3v) is 5.54. The van der Waals surface area contributed by atoms with Gasteiger partial charge in [-0.05, 0) is 66.9 Å². The van der Waals surface area contributed by atoms with Crippen molar-refractivity contribution >= 4 is 18.1 Å². The summed E-state index contributed by atoms with van der Waals surface area (Å²) in [5.41, 5.74) is 0.243. The zero-order chi connectivity index (χ0) is 14.4. The fraction of sp³-hybridized carbons (Fsp3) is 0.733. The van der Waals surface area contributed by atoms with Gasteiger partial charge >= 0.3 is 0 Å². The van der Waals surface area contributed by atoms with Crippen molar-refractivity contribution < 1.29 is 4.79 Å². The summed E-state index contributed by atoms with van der Waals surface area (Å²) in [7, 11) is 0. The zero-order valence-corrected chi connectivity index (χ0v) is 12.2. The van der Waals surface area contributed by atoms with Gasteiger partial charge in [0.1, 0.15) is 0 Å². The van der Waals surface area contributed by atoms with E-state index in [2.05, 4.69) is 27.3 Å². The number of aromatic nitrogens is 4. The lowest BCUT2D eigenvalue weighted by Gasteiger charge is -2.56. The SMILES string of the molecule is C=Cn1nnc(NC(=O)CC23CC4CC(CC(C4)C2)C3)n1. The first-order chi connectivity index (χ1) is 10.1. The van der Waals surface area contributed by atoms with Gasteiger partial charge in [-0.15, -0.1) is 9.90 Å². The number of anilines is 1. The summed E-state index contributed by atoms with van der Waals surface area (Å²) in [5, 5.41) is 14.3. The molecular formula is C15H21N5O. The van der Waals surface area contributed by atoms with E-state index in [-0.39, 0.29) is 17.3 Å². The number of nitrogens with zero attached hydrogens (tertiary/aromatic N) is 4. The van der Waals surface area contributed by atoms with Gasteiger partial charge in [0.2, 0.25) is 5.91 Å². The van der Waals surface area contributed by atoms with Crippen LogP contribution in [0.5, 0.6) is 0 Å². The largest absolute Gasteiger partial charge is 0.292 e. The lowest BCUT2D eigenvalue weighted by atomic mass is 9.49. The highest BCUT2D eigenvalue weighted by Crippen LogP contribution is 2.61. The maximum Gasteiger partial charge on any atom is 0.270 e. The third-order valence-electron chi connectivity index (χ3n) is 5.54. The highest BCUT2D eigenvalue weighted by Gasteiger charge is 2.51. The minimum atomic E-state index is 0.0283. The highest BCUT2D eigenvalue weighted by atomic mass is 16.1. The summed E-state index contributed by atoms with van der Waals surface area (Å²) in [6.07, 6.45) is 9.96. The number of hydrogen-bond donors (Lipinski definition) is 1. The van der Waals surface area contributed by atoms with Crippen molar-refractivity contribution in [3.63, 3.8) is 0 Å². The summed E-state index contributed by atoms with van der Waals surface area (Å²) in [5.74, 6) is 2.89. The molecule has 0 aromatic carbocycles. The molecule has 1 N–H and O–H groups in total. The molecule has 0 atom stereocenters. The molecular weight excluding hydrogens is 266 g/mol. The Kier molecular flexibility index (Phi) is 2.87. The monoisotopic (exact) mass is 287 g/mol. The second kappa shape index (κ2) is 4.64. The van der Waals surface area contributed by atoms with Crippen LogP contribution in [0.2, 0.25) is 0 Å². The number of nitrogens with one attached hydrogen (secondary N) is 1. The molecule has 1 aromatic rings. The number of carbonyl (C=O) groups is 1. The molecule has 1 amide bonds. The minimum Gasteiger partial charge on any atom is -0.292 e. The van der Waals surface area contributed by atoms with Gasteiger partial charge in [-0.2, -0.15) is 0 Å². The summed E-state index contributed by atoms with van der Waals surface area (Å²) in [6, 6.07) is 0. The van der Waals surface area contributed by atoms with Crippen LogP contribution in [-0.4, -0.2) is 26.1 Å². The molecule has 4 aliphatic carbocycles. The van der Waals surface area contributed by atoms with Gasteiger partial charge in [0, 0.05) is 12.6 Å². The topological polar surface area (TPSA) is 72.7 Å². The number of rotatable bonds is 4. The quantitative estimate of drug-likeness (QED) is 0.922. The van der Waals surface area contributed by atoms with E-state index in [9.17, 15) is 4.79 Å². The molecule has 4 fully saturated rings. The second-order valence-corrected chi connectivity index (χ2v) is 7.26. The lowest BCUT2D eigenvalue weighted by Crippen LogP contribution is -2.47. The minimum absolute atomic E-state index is 0.0283. The van der Waals surface area contributed by atoms with Crippen molar-refractivity contribution in [2.75, 3.05) is 5.32 Å². The lowest BCUT2D eigenvalue weighted by molar-refractivity contribution is -0.124. The van der Waals surface area contributed by atoms with E-state index in [0.717, 1.165) is 17.8 Å². The van der Waals surface area contributed by atoms with E-state index in [0.29, 0.717) is 6.42 Å². The van der Waals surface area contributed by atoms with Crippen LogP contribution in [0.15, 0.2) is 6.58 Å². The molecule has 21 heavy (non-hydrogen) atoms. The molecule has 112 valence electrons. The Morgan fingerprint density at radius 3 is 2.43 bits per heavy atom. The Hall–Kier alpha value is -1.72. The van der Waals surface area contributed by atoms with Gasteiger partial charge in [0.05, 0.1) is 0 Å². The Morgan fingerprint density at radius 2 is 1.90 bits per heavy atom. The van der Waals surface area contributed by atoms with E-state index >= 15 is 0 Å². The summed E-state index contributed by atoms with van der Waals surface area (Å²) in [4.78, 5) is 13.6. The van der Waals surface area contributed by atoms with Gasteiger partial charge in [0.25, 0.3) is 5.95 Å². The Bertz CT molecular complexity index is 543. The molecule has 0 unspecified atom stereocenters. The van der Waals surface area contributed by atoms with E-state index in [1.807, 2.05) is 0 Å². The fourth-order valence-electron chi connectivity index (χ4n) is 5.37. The van der Waals surface area contributed by atoms with E-state index in [4.69, 9.17) is 0 Å². The summed E-state index contributed by atoms with van der Waals surface area (Å²) in [6.45, 7) is 3.56. The highest BCUT2D eigenvalue weighted by molar-refractivity contribution is 5.89. The van der Waals surface area contributed by atoms with Gasteiger partial charge in [-0.1, -0.05) is 11.7 Å². The molecule has 0 radical (unpaired) electrons. The molecule has 1 aromatic heterocycles. The van der Waals surface area contributed by atoms with E-state index in [1.165, 1.54) is 49.5 Å². The molecule has 4 saturated carbocycles. The summed E-state index contributed by atoms with van der Waals surface area (Å²) >= 11 is 0. The average Bonchev–Trinajstić information content (AvgIpc) is 2.83. The fourth-order valence-corrected chi connectivity index (χ4v) is 5.37. The van der Waals surface area contributed by atoms with Crippen molar-refractivity contribution in [1.29, 1.82) is 0 Å². The van der Waals surface area contributed by atoms with Crippen LogP contribution < -0.4 is 5.32 Å². The molecule has 0 aliphatic heterocycles. The smallest absolute Gasteiger partial charge is 0.270 e. The predicted octanol–water partition coefficient (Wildman–Crippen LogP) is 2.32. The Labute approximate surface area is 124 Å². The van der Waals surface area contributed by atoms with Gasteiger partial charge in [-0.3, -0.25) is 10.1 Å². The Balaban J connectivity index is 1.43. The first kappa shape index (κ1) is 13.0. The zero-order valence-electron chi connectivity index (χ0n) is 12.2. The molecule has 5 rings (SSSR count). The van der Waals surface area contributed by atoms with Crippen molar-refractivity contribution in [2.45, 2.75) is 44.9 Å². The molecule has 4 bridgehead atoms. The van der Waals surface area contributed by atoms with Crippen molar-refractivity contribution in [2.24, 2.45) is 23.2 Å². The van der Waals surface area contributed by atoms with Crippen LogP contribution in [0.25, 0.3) is 6.20 Å². The predicted molar refractivity (Wildman–Crippen MR) is 78.1 cm³/mol. The number of carbonyl (C=O) groups excluding carboxylic acids is 1. The first-order valence-corrected chi connectivity index (χ1v) is 7.86. The van der Waals surface area contributed by atoms with Crippen molar-refractivity contribution in [1.82, 2.24) is 20.2 Å². The molecule has 4 aliphatic rings. The molecule has 0 spiro atoms. The first-order valence-electron chi connectivity index (χ1n) is 7.86. The van der Waals surface area contributed by atoms with Crippen LogP contribution in [0.3, 0.4) is 0 Å². The molecule has 0 saturated heterocycles. The van der Waals surface area contributed by atoms with Gasteiger partial charge in [0.15, 0.2) is 0 Å². The normalized spacial score (nSPS) is 36.7. The second-order valence-electron chi connectivity index (χ2n) is 7.26. The van der Waals surface area contributed by atoms with Crippen LogP contribution in [-0.2, 0) is 4.79 Å².